The molecule has 1 aliphatic carbocycles. The summed E-state index contributed by atoms with van der Waals surface area (Å²) >= 11 is 0. The van der Waals surface area contributed by atoms with Gasteiger partial charge in [0.15, 0.2) is 46.5 Å². The number of benzene rings is 2. The molecule has 1 saturated carbocycles. The maximum Gasteiger partial charge on any atom is 0.422 e. The van der Waals surface area contributed by atoms with E-state index in [-0.39, 0.29) is 0 Å². The van der Waals surface area contributed by atoms with Gasteiger partial charge in [0.25, 0.3) is 5.95 Å². The first-order chi connectivity index (χ1) is 22.6. The normalized spacial score (nSPS) is 18.3. The number of nitrogens with zero attached hydrogens (tertiary/aromatic N) is 5. The van der Waals surface area contributed by atoms with Crippen LogP contribution in [0.5, 0.6) is 0 Å². The van der Waals surface area contributed by atoms with E-state index in [1.807, 2.05) is 0 Å². The Kier molecular flexibility index (Phi) is 9.06. The van der Waals surface area contributed by atoms with Gasteiger partial charge in [-0.05, 0) is 5.57 Å². The lowest BCUT2D eigenvalue weighted by atomic mass is 9.88. The fraction of sp³-hybridized carbons (Fsp3) is 0.222. The maximum absolute atomic E-state index is 15.0. The topological polar surface area (TPSA) is 97.2 Å². The highest BCUT2D eigenvalue weighted by molar-refractivity contribution is 5.84. The van der Waals surface area contributed by atoms with Gasteiger partial charge in [0.2, 0.25) is 5.82 Å². The molecule has 0 spiro atoms. The molecule has 0 radical (unpaired) electrons. The molecule has 22 heteroatoms. The van der Waals surface area contributed by atoms with E-state index < -0.39 is 139 Å². The lowest BCUT2D eigenvalue weighted by Crippen LogP contribution is -2.19. The molecule has 4 atom stereocenters. The van der Waals surface area contributed by atoms with Crippen LogP contribution in [0.15, 0.2) is 5.57 Å². The molecular formula is C27H4F17N5. The molecule has 0 N–H and O–H groups in total. The predicted octanol–water partition coefficient (Wildman–Crippen LogP) is 8.18. The third-order valence-corrected chi connectivity index (χ3v) is 7.19. The molecule has 49 heavy (non-hydrogen) atoms. The van der Waals surface area contributed by atoms with Gasteiger partial charge in [-0.25, -0.2) is 40.1 Å². The van der Waals surface area contributed by atoms with Crippen molar-refractivity contribution in [3.63, 3.8) is 0 Å². The number of aromatic nitrogens is 2. The highest BCUT2D eigenvalue weighted by atomic mass is 19.4. The van der Waals surface area contributed by atoms with E-state index in [0.717, 1.165) is 18.2 Å². The van der Waals surface area contributed by atoms with Crippen LogP contribution in [0.4, 0.5) is 74.6 Å². The summed E-state index contributed by atoms with van der Waals surface area (Å²) in [5.74, 6) is -40.3. The molecule has 3 aromatic rings. The maximum atomic E-state index is 15.0. The van der Waals surface area contributed by atoms with Crippen LogP contribution in [0.1, 0.15) is 39.8 Å². The van der Waals surface area contributed by atoms with Gasteiger partial charge in [-0.2, -0.15) is 60.3 Å². The van der Waals surface area contributed by atoms with Crippen LogP contribution in [0.3, 0.4) is 0 Å². The van der Waals surface area contributed by atoms with Gasteiger partial charge in [0.05, 0.1) is 41.2 Å². The van der Waals surface area contributed by atoms with Crippen molar-refractivity contribution < 1.29 is 74.6 Å². The first-order valence-electron chi connectivity index (χ1n) is 12.3. The number of hydrogen-bond donors (Lipinski definition) is 0. The molecule has 0 bridgehead atoms. The molecule has 1 heterocycles. The number of hydrogen-bond acceptors (Lipinski definition) is 5. The molecular weight excluding hydrogens is 717 g/mol. The summed E-state index contributed by atoms with van der Waals surface area (Å²) in [7, 11) is 0. The lowest BCUT2D eigenvalue weighted by molar-refractivity contribution is -0.144. The fourth-order valence-electron chi connectivity index (χ4n) is 5.20. The van der Waals surface area contributed by atoms with E-state index >= 15 is 8.78 Å². The highest BCUT2D eigenvalue weighted by Crippen LogP contribution is 2.63. The van der Waals surface area contributed by atoms with Crippen molar-refractivity contribution >= 4 is 5.57 Å². The van der Waals surface area contributed by atoms with Crippen molar-refractivity contribution in [1.82, 2.24) is 9.97 Å². The Morgan fingerprint density at radius 3 is 1.35 bits per heavy atom. The summed E-state index contributed by atoms with van der Waals surface area (Å²) in [6.07, 6.45) is -14.4. The Labute approximate surface area is 258 Å². The first kappa shape index (κ1) is 36.4. The molecule has 0 saturated heterocycles. The Balaban J connectivity index is 2.14. The monoisotopic (exact) mass is 721 g/mol. The lowest BCUT2D eigenvalue weighted by Gasteiger charge is -2.17. The molecule has 4 unspecified atom stereocenters. The third kappa shape index (κ3) is 5.72. The van der Waals surface area contributed by atoms with Crippen molar-refractivity contribution in [2.45, 2.75) is 24.2 Å². The number of nitriles is 3. The van der Waals surface area contributed by atoms with E-state index in [1.165, 1.54) is 0 Å². The number of rotatable bonds is 5. The molecule has 256 valence electrons. The zero-order valence-electron chi connectivity index (χ0n) is 22.5. The SMILES string of the molecule is N#C/C(=C1\C(C(C#N)c2nc(F)nc(F)c2F)C1C(C#N)c1c(F)c(F)c(C(F)(F)F)c(F)c1F)c1c(F)c(F)c(C(F)(F)F)c(F)c1F. The minimum atomic E-state index is -6.14. The van der Waals surface area contributed by atoms with Crippen LogP contribution in [-0.4, -0.2) is 9.97 Å². The molecule has 2 aromatic carbocycles. The Hall–Kier alpha value is -5.46. The zero-order valence-corrected chi connectivity index (χ0v) is 22.5. The predicted molar refractivity (Wildman–Crippen MR) is 121 cm³/mol. The number of halogens is 17. The summed E-state index contributed by atoms with van der Waals surface area (Å²) in [4.78, 5) is 5.08. The van der Waals surface area contributed by atoms with Crippen LogP contribution >= 0.6 is 0 Å². The van der Waals surface area contributed by atoms with Gasteiger partial charge in [0, 0.05) is 17.4 Å². The highest BCUT2D eigenvalue weighted by Gasteiger charge is 2.59. The summed E-state index contributed by atoms with van der Waals surface area (Å²) < 4.78 is 239. The molecule has 1 fully saturated rings. The second-order valence-electron chi connectivity index (χ2n) is 9.74. The standard InChI is InChI=1S/C27H4F17N5/c28-14-10(15(29)19(33)12(18(14)32)26(39,40)41)4(1-45)7-8(9(7)6(3-47)23-22(36)24(37)49-25(38)48-23)5(2-46)11-16(30)20(34)13(27(42,43)44)21(35)17(11)31/h4,6-7,9H/b8-5+. The average Bonchev–Trinajstić information content (AvgIpc) is 3.70. The molecule has 1 aliphatic rings. The van der Waals surface area contributed by atoms with Crippen molar-refractivity contribution in [3.8, 4) is 18.2 Å². The van der Waals surface area contributed by atoms with Gasteiger partial charge < -0.3 is 0 Å². The van der Waals surface area contributed by atoms with E-state index in [2.05, 4.69) is 9.97 Å². The average molecular weight is 721 g/mol. The van der Waals surface area contributed by atoms with Crippen molar-refractivity contribution in [1.29, 1.82) is 15.8 Å². The molecule has 0 aliphatic heterocycles. The fourth-order valence-corrected chi connectivity index (χ4v) is 5.20. The molecule has 1 aromatic heterocycles. The van der Waals surface area contributed by atoms with Crippen LogP contribution < -0.4 is 0 Å². The zero-order chi connectivity index (χ0) is 37.2. The van der Waals surface area contributed by atoms with Crippen LogP contribution in [0.2, 0.25) is 0 Å². The molecule has 5 nitrogen and oxygen atoms in total. The second kappa shape index (κ2) is 12.2. The van der Waals surface area contributed by atoms with Gasteiger partial charge >= 0.3 is 18.4 Å². The molecule has 0 amide bonds. The van der Waals surface area contributed by atoms with Crippen LogP contribution in [0.25, 0.3) is 5.57 Å². The minimum absolute atomic E-state index is 0.821. The molecule has 4 rings (SSSR count). The van der Waals surface area contributed by atoms with Gasteiger partial charge in [-0.3, -0.25) is 0 Å². The third-order valence-electron chi connectivity index (χ3n) is 7.19. The van der Waals surface area contributed by atoms with Crippen molar-refractivity contribution in [2.75, 3.05) is 0 Å². The van der Waals surface area contributed by atoms with Gasteiger partial charge in [-0.15, -0.1) is 0 Å². The Morgan fingerprint density at radius 2 is 0.959 bits per heavy atom. The Morgan fingerprint density at radius 1 is 0.551 bits per heavy atom. The van der Waals surface area contributed by atoms with Crippen LogP contribution in [0, 0.1) is 110 Å². The van der Waals surface area contributed by atoms with Crippen LogP contribution in [-0.2, 0) is 12.4 Å². The second-order valence-corrected chi connectivity index (χ2v) is 9.74. The number of allylic oxidation sites excluding steroid dienone is 2. The van der Waals surface area contributed by atoms with E-state index in [0.29, 0.717) is 0 Å². The van der Waals surface area contributed by atoms with E-state index in [4.69, 9.17) is 0 Å². The summed E-state index contributed by atoms with van der Waals surface area (Å²) in [6, 6.07) is 2.80. The van der Waals surface area contributed by atoms with Gasteiger partial charge in [0.1, 0.15) is 16.8 Å². The first-order valence-corrected chi connectivity index (χ1v) is 12.3. The summed E-state index contributed by atoms with van der Waals surface area (Å²) in [5.41, 5.74) is -16.0. The van der Waals surface area contributed by atoms with E-state index in [1.54, 1.807) is 0 Å². The summed E-state index contributed by atoms with van der Waals surface area (Å²) in [6.45, 7) is 0. The minimum Gasteiger partial charge on any atom is -0.203 e. The largest absolute Gasteiger partial charge is 0.422 e. The smallest absolute Gasteiger partial charge is 0.203 e. The summed E-state index contributed by atoms with van der Waals surface area (Å²) in [5, 5.41) is 29.2. The Bertz CT molecular complexity index is 2020. The quantitative estimate of drug-likeness (QED) is 0.0871. The van der Waals surface area contributed by atoms with E-state index in [9.17, 15) is 81.6 Å². The van der Waals surface area contributed by atoms with Crippen molar-refractivity contribution in [3.05, 3.63) is 97.9 Å². The number of alkyl halides is 6. The van der Waals surface area contributed by atoms with Crippen molar-refractivity contribution in [2.24, 2.45) is 11.8 Å². The van der Waals surface area contributed by atoms with Gasteiger partial charge in [-0.1, -0.05) is 0 Å².